The smallest absolute Gasteiger partial charge is 0.0702 e. The number of hydrogen-bond acceptors (Lipinski definition) is 3. The van der Waals surface area contributed by atoms with Crippen LogP contribution in [-0.4, -0.2) is 49.0 Å². The van der Waals surface area contributed by atoms with Crippen molar-refractivity contribution in [2.24, 2.45) is 5.41 Å². The average Bonchev–Trinajstić information content (AvgIpc) is 2.51. The van der Waals surface area contributed by atoms with Gasteiger partial charge in [0.2, 0.25) is 0 Å². The highest BCUT2D eigenvalue weighted by Crippen LogP contribution is 2.22. The molecule has 1 aliphatic heterocycles. The van der Waals surface area contributed by atoms with Crippen LogP contribution in [0.2, 0.25) is 0 Å². The molecule has 0 bridgehead atoms. The fraction of sp³-hybridized carbons (Fsp3) is 1.00. The van der Waals surface area contributed by atoms with Crippen molar-refractivity contribution in [1.82, 2.24) is 4.90 Å². The van der Waals surface area contributed by atoms with Gasteiger partial charge in [0.1, 0.15) is 0 Å². The molecular formula is C11H23NO2. The highest BCUT2D eigenvalue weighted by atomic mass is 16.5. The standard InChI is InChI=1S/C11H23NO2/c1-9-10(5-6-14-9)12(4)7-11(2,3)8-13/h9-10,13H,5-8H2,1-4H3. The minimum atomic E-state index is -0.0168. The monoisotopic (exact) mass is 201 g/mol. The Hall–Kier alpha value is -0.120. The van der Waals surface area contributed by atoms with Crippen LogP contribution in [0.15, 0.2) is 0 Å². The summed E-state index contributed by atoms with van der Waals surface area (Å²) < 4.78 is 5.53. The second-order valence-electron chi connectivity index (χ2n) is 5.17. The van der Waals surface area contributed by atoms with Gasteiger partial charge in [-0.2, -0.15) is 0 Å². The zero-order valence-electron chi connectivity index (χ0n) is 9.79. The first-order valence-electron chi connectivity index (χ1n) is 5.39. The van der Waals surface area contributed by atoms with Crippen LogP contribution in [0.4, 0.5) is 0 Å². The Balaban J connectivity index is 2.45. The van der Waals surface area contributed by atoms with E-state index in [9.17, 15) is 5.11 Å². The normalized spacial score (nSPS) is 28.7. The molecule has 1 aliphatic rings. The van der Waals surface area contributed by atoms with Crippen molar-refractivity contribution in [3.8, 4) is 0 Å². The van der Waals surface area contributed by atoms with Gasteiger partial charge >= 0.3 is 0 Å². The fourth-order valence-corrected chi connectivity index (χ4v) is 2.14. The summed E-state index contributed by atoms with van der Waals surface area (Å²) in [5.41, 5.74) is -0.0168. The predicted octanol–water partition coefficient (Wildman–Crippen LogP) is 1.11. The molecule has 0 radical (unpaired) electrons. The summed E-state index contributed by atoms with van der Waals surface area (Å²) in [5, 5.41) is 9.19. The van der Waals surface area contributed by atoms with E-state index in [-0.39, 0.29) is 12.0 Å². The van der Waals surface area contributed by atoms with E-state index in [1.54, 1.807) is 0 Å². The second-order valence-corrected chi connectivity index (χ2v) is 5.17. The van der Waals surface area contributed by atoms with E-state index in [0.29, 0.717) is 12.1 Å². The molecule has 0 amide bonds. The Labute approximate surface area is 87.1 Å². The molecule has 0 aliphatic carbocycles. The molecule has 3 nitrogen and oxygen atoms in total. The summed E-state index contributed by atoms with van der Waals surface area (Å²) in [5.74, 6) is 0. The summed E-state index contributed by atoms with van der Waals surface area (Å²) in [4.78, 5) is 2.31. The third-order valence-electron chi connectivity index (χ3n) is 3.01. The number of aliphatic hydroxyl groups is 1. The Bertz CT molecular complexity index is 182. The maximum absolute atomic E-state index is 9.19. The van der Waals surface area contributed by atoms with Gasteiger partial charge in [-0.05, 0) is 20.4 Å². The molecule has 0 aromatic carbocycles. The van der Waals surface area contributed by atoms with E-state index in [1.165, 1.54) is 0 Å². The molecule has 1 N–H and O–H groups in total. The summed E-state index contributed by atoms with van der Waals surface area (Å²) in [6, 6.07) is 0.515. The minimum absolute atomic E-state index is 0.0168. The highest BCUT2D eigenvalue weighted by Gasteiger charge is 2.30. The zero-order chi connectivity index (χ0) is 10.8. The van der Waals surface area contributed by atoms with Crippen molar-refractivity contribution in [3.05, 3.63) is 0 Å². The molecule has 0 aromatic rings. The van der Waals surface area contributed by atoms with Crippen LogP contribution in [0.1, 0.15) is 27.2 Å². The molecule has 0 spiro atoms. The minimum Gasteiger partial charge on any atom is -0.396 e. The van der Waals surface area contributed by atoms with Crippen LogP contribution in [0, 0.1) is 5.41 Å². The lowest BCUT2D eigenvalue weighted by Gasteiger charge is -2.33. The maximum Gasteiger partial charge on any atom is 0.0702 e. The van der Waals surface area contributed by atoms with Crippen LogP contribution in [0.5, 0.6) is 0 Å². The van der Waals surface area contributed by atoms with Crippen LogP contribution >= 0.6 is 0 Å². The van der Waals surface area contributed by atoms with Crippen molar-refractivity contribution >= 4 is 0 Å². The average molecular weight is 201 g/mol. The summed E-state index contributed by atoms with van der Waals surface area (Å²) in [7, 11) is 2.12. The molecule has 0 saturated carbocycles. The molecule has 3 heteroatoms. The van der Waals surface area contributed by atoms with Gasteiger partial charge < -0.3 is 14.7 Å². The quantitative estimate of drug-likeness (QED) is 0.739. The Morgan fingerprint density at radius 1 is 1.50 bits per heavy atom. The van der Waals surface area contributed by atoms with E-state index in [4.69, 9.17) is 4.74 Å². The summed E-state index contributed by atoms with van der Waals surface area (Å²) in [6.45, 7) is 8.32. The number of aliphatic hydroxyl groups excluding tert-OH is 1. The highest BCUT2D eigenvalue weighted by molar-refractivity contribution is 4.83. The van der Waals surface area contributed by atoms with Crippen molar-refractivity contribution < 1.29 is 9.84 Å². The molecule has 84 valence electrons. The first kappa shape index (κ1) is 12.0. The summed E-state index contributed by atoms with van der Waals surface area (Å²) >= 11 is 0. The lowest BCUT2D eigenvalue weighted by molar-refractivity contribution is 0.0537. The molecule has 1 rings (SSSR count). The van der Waals surface area contributed by atoms with Crippen molar-refractivity contribution in [3.63, 3.8) is 0 Å². The second kappa shape index (κ2) is 4.60. The number of hydrogen-bond donors (Lipinski definition) is 1. The maximum atomic E-state index is 9.19. The molecule has 14 heavy (non-hydrogen) atoms. The van der Waals surface area contributed by atoms with Gasteiger partial charge in [0.15, 0.2) is 0 Å². The van der Waals surface area contributed by atoms with E-state index in [2.05, 4.69) is 32.7 Å². The van der Waals surface area contributed by atoms with Gasteiger partial charge in [-0.15, -0.1) is 0 Å². The molecular weight excluding hydrogens is 178 g/mol. The van der Waals surface area contributed by atoms with Crippen molar-refractivity contribution in [2.45, 2.75) is 39.3 Å². The zero-order valence-corrected chi connectivity index (χ0v) is 9.79. The number of nitrogens with zero attached hydrogens (tertiary/aromatic N) is 1. The third-order valence-corrected chi connectivity index (χ3v) is 3.01. The molecule has 1 fully saturated rings. The Kier molecular flexibility index (Phi) is 3.93. The van der Waals surface area contributed by atoms with Gasteiger partial charge in [0.25, 0.3) is 0 Å². The number of rotatable bonds is 4. The molecule has 1 heterocycles. The lowest BCUT2D eigenvalue weighted by atomic mass is 9.93. The summed E-state index contributed by atoms with van der Waals surface area (Å²) in [6.07, 6.45) is 1.44. The van der Waals surface area contributed by atoms with E-state index >= 15 is 0 Å². The van der Waals surface area contributed by atoms with Gasteiger partial charge in [-0.25, -0.2) is 0 Å². The lowest BCUT2D eigenvalue weighted by Crippen LogP contribution is -2.43. The number of likely N-dealkylation sites (N-methyl/N-ethyl adjacent to an activating group) is 1. The van der Waals surface area contributed by atoms with Crippen molar-refractivity contribution in [2.75, 3.05) is 26.8 Å². The fourth-order valence-electron chi connectivity index (χ4n) is 2.14. The van der Waals surface area contributed by atoms with Gasteiger partial charge in [-0.3, -0.25) is 0 Å². The van der Waals surface area contributed by atoms with Crippen LogP contribution in [0.3, 0.4) is 0 Å². The van der Waals surface area contributed by atoms with Crippen LogP contribution in [-0.2, 0) is 4.74 Å². The molecule has 1 saturated heterocycles. The predicted molar refractivity (Wildman–Crippen MR) is 57.3 cm³/mol. The van der Waals surface area contributed by atoms with Gasteiger partial charge in [0, 0.05) is 31.2 Å². The van der Waals surface area contributed by atoms with E-state index in [0.717, 1.165) is 19.6 Å². The topological polar surface area (TPSA) is 32.7 Å². The number of ether oxygens (including phenoxy) is 1. The van der Waals surface area contributed by atoms with Gasteiger partial charge in [0.05, 0.1) is 6.10 Å². The van der Waals surface area contributed by atoms with E-state index in [1.807, 2.05) is 0 Å². The molecule has 2 atom stereocenters. The van der Waals surface area contributed by atoms with E-state index < -0.39 is 0 Å². The first-order valence-corrected chi connectivity index (χ1v) is 5.39. The largest absolute Gasteiger partial charge is 0.396 e. The van der Waals surface area contributed by atoms with Gasteiger partial charge in [-0.1, -0.05) is 13.8 Å². The Morgan fingerprint density at radius 3 is 2.57 bits per heavy atom. The Morgan fingerprint density at radius 2 is 2.14 bits per heavy atom. The molecule has 0 aromatic heterocycles. The van der Waals surface area contributed by atoms with Crippen LogP contribution < -0.4 is 0 Å². The third kappa shape index (κ3) is 2.94. The first-order chi connectivity index (χ1) is 6.46. The molecule has 2 unspecified atom stereocenters. The SMILES string of the molecule is CC1OCCC1N(C)CC(C)(C)CO. The van der Waals surface area contributed by atoms with Crippen LogP contribution in [0.25, 0.3) is 0 Å². The van der Waals surface area contributed by atoms with Crippen molar-refractivity contribution in [1.29, 1.82) is 0 Å².